The van der Waals surface area contributed by atoms with E-state index in [1.54, 1.807) is 4.68 Å². The zero-order valence-corrected chi connectivity index (χ0v) is 9.06. The van der Waals surface area contributed by atoms with Crippen molar-refractivity contribution >= 4 is 0 Å². The molecule has 3 atom stereocenters. The Bertz CT molecular complexity index is 376. The van der Waals surface area contributed by atoms with Crippen molar-refractivity contribution in [2.75, 3.05) is 19.6 Å². The lowest BCUT2D eigenvalue weighted by Gasteiger charge is -2.38. The molecule has 0 amide bonds. The molecule has 2 aliphatic rings. The first-order chi connectivity index (χ1) is 7.18. The highest BCUT2D eigenvalue weighted by Crippen LogP contribution is 2.42. The molecule has 1 aromatic heterocycles. The van der Waals surface area contributed by atoms with Crippen LogP contribution in [0.1, 0.15) is 18.4 Å². The van der Waals surface area contributed by atoms with Gasteiger partial charge in [-0.05, 0) is 19.4 Å². The third-order valence-corrected chi connectivity index (χ3v) is 3.96. The fourth-order valence-corrected chi connectivity index (χ4v) is 2.98. The van der Waals surface area contributed by atoms with Crippen LogP contribution in [0.2, 0.25) is 0 Å². The van der Waals surface area contributed by atoms with Crippen LogP contribution in [0.15, 0.2) is 12.4 Å². The molecule has 0 aliphatic carbocycles. The Morgan fingerprint density at radius 3 is 3.13 bits per heavy atom. The second kappa shape index (κ2) is 3.06. The summed E-state index contributed by atoms with van der Waals surface area (Å²) in [5.74, 6) is 0.399. The van der Waals surface area contributed by atoms with Crippen molar-refractivity contribution in [3.8, 4) is 0 Å². The molecule has 82 valence electrons. The van der Waals surface area contributed by atoms with E-state index < -0.39 is 5.60 Å². The Kier molecular flexibility index (Phi) is 1.91. The van der Waals surface area contributed by atoms with E-state index in [2.05, 4.69) is 10.00 Å². The predicted molar refractivity (Wildman–Crippen MR) is 56.3 cm³/mol. The smallest absolute Gasteiger partial charge is 0.0979 e. The summed E-state index contributed by atoms with van der Waals surface area (Å²) in [6, 6.07) is 0. The van der Waals surface area contributed by atoms with E-state index in [1.165, 1.54) is 0 Å². The van der Waals surface area contributed by atoms with E-state index in [9.17, 15) is 5.11 Å². The standard InChI is InChI=1S/C11H17N3O/c1-13-7-10(6-12-13)11(15)3-5-14-4-2-9(11)8-14/h6-7,9,15H,2-5,8H2,1H3. The first kappa shape index (κ1) is 9.36. The zero-order valence-electron chi connectivity index (χ0n) is 9.06. The molecule has 0 saturated carbocycles. The lowest BCUT2D eigenvalue weighted by atomic mass is 9.78. The van der Waals surface area contributed by atoms with E-state index in [-0.39, 0.29) is 0 Å². The van der Waals surface area contributed by atoms with E-state index in [1.807, 2.05) is 19.4 Å². The number of hydrogen-bond donors (Lipinski definition) is 1. The van der Waals surface area contributed by atoms with Crippen molar-refractivity contribution in [2.24, 2.45) is 13.0 Å². The minimum Gasteiger partial charge on any atom is -0.385 e. The lowest BCUT2D eigenvalue weighted by Crippen LogP contribution is -2.43. The van der Waals surface area contributed by atoms with Gasteiger partial charge in [0.1, 0.15) is 0 Å². The van der Waals surface area contributed by atoms with Crippen LogP contribution < -0.4 is 0 Å². The van der Waals surface area contributed by atoms with Gasteiger partial charge in [-0.2, -0.15) is 5.10 Å². The van der Waals surface area contributed by atoms with Crippen molar-refractivity contribution in [3.05, 3.63) is 18.0 Å². The lowest BCUT2D eigenvalue weighted by molar-refractivity contribution is -0.0502. The summed E-state index contributed by atoms with van der Waals surface area (Å²) in [4.78, 5) is 2.44. The SMILES string of the molecule is Cn1cc(C2(O)CCN3CCC2C3)cn1. The van der Waals surface area contributed by atoms with Crippen LogP contribution in [0.3, 0.4) is 0 Å². The highest BCUT2D eigenvalue weighted by atomic mass is 16.3. The van der Waals surface area contributed by atoms with Crippen LogP contribution in [-0.2, 0) is 12.6 Å². The second-order valence-corrected chi connectivity index (χ2v) is 4.86. The van der Waals surface area contributed by atoms with Gasteiger partial charge in [0.15, 0.2) is 0 Å². The number of aromatic nitrogens is 2. The van der Waals surface area contributed by atoms with Crippen molar-refractivity contribution in [1.82, 2.24) is 14.7 Å². The fourth-order valence-electron chi connectivity index (χ4n) is 2.98. The molecular weight excluding hydrogens is 190 g/mol. The Hall–Kier alpha value is -0.870. The van der Waals surface area contributed by atoms with Gasteiger partial charge in [-0.1, -0.05) is 0 Å². The first-order valence-corrected chi connectivity index (χ1v) is 5.62. The molecule has 4 nitrogen and oxygen atoms in total. The highest BCUT2D eigenvalue weighted by molar-refractivity contribution is 5.19. The molecule has 4 heteroatoms. The quantitative estimate of drug-likeness (QED) is 0.721. The number of aliphatic hydroxyl groups is 1. The third-order valence-electron chi connectivity index (χ3n) is 3.96. The maximum absolute atomic E-state index is 10.8. The van der Waals surface area contributed by atoms with Crippen LogP contribution in [0.4, 0.5) is 0 Å². The Morgan fingerprint density at radius 2 is 2.40 bits per heavy atom. The molecule has 2 saturated heterocycles. The van der Waals surface area contributed by atoms with E-state index in [0.29, 0.717) is 5.92 Å². The van der Waals surface area contributed by atoms with Gasteiger partial charge in [0, 0.05) is 37.8 Å². The summed E-state index contributed by atoms with van der Waals surface area (Å²) in [5, 5.41) is 14.9. The van der Waals surface area contributed by atoms with E-state index >= 15 is 0 Å². The number of fused-ring (bicyclic) bond motifs is 2. The Morgan fingerprint density at radius 1 is 1.53 bits per heavy atom. The molecule has 3 heterocycles. The average Bonchev–Trinajstić information content (AvgIpc) is 2.81. The van der Waals surface area contributed by atoms with Crippen molar-refractivity contribution < 1.29 is 5.11 Å². The topological polar surface area (TPSA) is 41.3 Å². The van der Waals surface area contributed by atoms with Gasteiger partial charge in [0.25, 0.3) is 0 Å². The second-order valence-electron chi connectivity index (χ2n) is 4.86. The minimum atomic E-state index is -0.624. The van der Waals surface area contributed by atoms with Crippen LogP contribution in [0.25, 0.3) is 0 Å². The molecule has 2 aliphatic heterocycles. The average molecular weight is 207 g/mol. The van der Waals surface area contributed by atoms with Gasteiger partial charge < -0.3 is 10.0 Å². The van der Waals surface area contributed by atoms with Crippen LogP contribution in [-0.4, -0.2) is 39.4 Å². The van der Waals surface area contributed by atoms with E-state index in [0.717, 1.165) is 38.0 Å². The highest BCUT2D eigenvalue weighted by Gasteiger charge is 2.46. The Labute approximate surface area is 89.5 Å². The summed E-state index contributed by atoms with van der Waals surface area (Å²) in [6.45, 7) is 3.21. The number of piperidine rings is 1. The maximum atomic E-state index is 10.8. The van der Waals surface area contributed by atoms with Gasteiger partial charge in [-0.3, -0.25) is 4.68 Å². The summed E-state index contributed by atoms with van der Waals surface area (Å²) in [5.41, 5.74) is 0.373. The molecular formula is C11H17N3O. The summed E-state index contributed by atoms with van der Waals surface area (Å²) >= 11 is 0. The molecule has 2 bridgehead atoms. The number of rotatable bonds is 1. The van der Waals surface area contributed by atoms with Gasteiger partial charge >= 0.3 is 0 Å². The first-order valence-electron chi connectivity index (χ1n) is 5.62. The van der Waals surface area contributed by atoms with Gasteiger partial charge in [-0.15, -0.1) is 0 Å². The fraction of sp³-hybridized carbons (Fsp3) is 0.727. The number of nitrogens with zero attached hydrogens (tertiary/aromatic N) is 3. The van der Waals surface area contributed by atoms with Crippen molar-refractivity contribution in [2.45, 2.75) is 18.4 Å². The van der Waals surface area contributed by atoms with Crippen molar-refractivity contribution in [3.63, 3.8) is 0 Å². The number of hydrogen-bond acceptors (Lipinski definition) is 3. The van der Waals surface area contributed by atoms with Gasteiger partial charge in [0.05, 0.1) is 11.8 Å². The molecule has 3 unspecified atom stereocenters. The predicted octanol–water partition coefficient (Wildman–Crippen LogP) is 0.333. The summed E-state index contributed by atoms with van der Waals surface area (Å²) < 4.78 is 1.77. The van der Waals surface area contributed by atoms with Crippen molar-refractivity contribution in [1.29, 1.82) is 0 Å². The number of aryl methyl sites for hydroxylation is 1. The minimum absolute atomic E-state index is 0.399. The van der Waals surface area contributed by atoms with Gasteiger partial charge in [-0.25, -0.2) is 0 Å². The molecule has 0 spiro atoms. The Balaban J connectivity index is 1.95. The zero-order chi connectivity index (χ0) is 10.5. The van der Waals surface area contributed by atoms with Crippen LogP contribution in [0.5, 0.6) is 0 Å². The monoisotopic (exact) mass is 207 g/mol. The largest absolute Gasteiger partial charge is 0.385 e. The van der Waals surface area contributed by atoms with E-state index in [4.69, 9.17) is 0 Å². The molecule has 0 aromatic carbocycles. The molecule has 15 heavy (non-hydrogen) atoms. The molecule has 1 aromatic rings. The van der Waals surface area contributed by atoms with Crippen LogP contribution >= 0.6 is 0 Å². The van der Waals surface area contributed by atoms with Crippen LogP contribution in [0, 0.1) is 5.92 Å². The summed E-state index contributed by atoms with van der Waals surface area (Å²) in [6.07, 6.45) is 5.73. The molecule has 1 N–H and O–H groups in total. The summed E-state index contributed by atoms with van der Waals surface area (Å²) in [7, 11) is 1.90. The molecule has 0 radical (unpaired) electrons. The maximum Gasteiger partial charge on any atom is 0.0979 e. The third kappa shape index (κ3) is 1.32. The van der Waals surface area contributed by atoms with Gasteiger partial charge in [0.2, 0.25) is 0 Å². The normalized spacial score (nSPS) is 39.6. The molecule has 2 fully saturated rings. The molecule has 3 rings (SSSR count).